The Hall–Kier alpha value is -3.28. The number of methoxy groups -OCH3 is 1. The number of hydrogen-bond acceptors (Lipinski definition) is 7. The van der Waals surface area contributed by atoms with Crippen molar-refractivity contribution in [3.63, 3.8) is 0 Å². The molecule has 2 saturated heterocycles. The lowest BCUT2D eigenvalue weighted by atomic mass is 10.1. The molecule has 3 heterocycles. The van der Waals surface area contributed by atoms with Crippen molar-refractivity contribution in [2.75, 3.05) is 51.7 Å². The largest absolute Gasteiger partial charge is 0.380 e. The predicted octanol–water partition coefficient (Wildman–Crippen LogP) is 1.26. The van der Waals surface area contributed by atoms with Gasteiger partial charge in [0.15, 0.2) is 0 Å². The van der Waals surface area contributed by atoms with E-state index in [-0.39, 0.29) is 23.9 Å². The number of ether oxygens (including phenoxy) is 1. The average Bonchev–Trinajstić information content (AvgIpc) is 2.88. The molecule has 11 nitrogen and oxygen atoms in total. The highest BCUT2D eigenvalue weighted by atomic mass is 16.5. The van der Waals surface area contributed by atoms with Crippen LogP contribution in [0.25, 0.3) is 5.69 Å². The maximum absolute atomic E-state index is 12.7. The predicted molar refractivity (Wildman–Crippen MR) is 141 cm³/mol. The Kier molecular flexibility index (Phi) is 8.25. The number of nitrogens with two attached hydrogens (primary N) is 1. The SMILES string of the molecule is CO[C@@H]1CCCN(Cc2ccc(-n3ccc(NC(=O)N4CCN(C(=O)C(C)(C)N)CC4)nc3=O)cc2)C1. The minimum Gasteiger partial charge on any atom is -0.380 e. The molecule has 4 rings (SSSR count). The number of benzene rings is 1. The first-order chi connectivity index (χ1) is 17.6. The third-order valence-electron chi connectivity index (χ3n) is 6.86. The smallest absolute Gasteiger partial charge is 0.354 e. The molecule has 11 heteroatoms. The number of aromatic nitrogens is 2. The summed E-state index contributed by atoms with van der Waals surface area (Å²) in [6, 6.07) is 9.08. The number of carbonyl (C=O) groups excluding carboxylic acids is 2. The number of nitrogens with one attached hydrogen (secondary N) is 1. The molecule has 0 spiro atoms. The van der Waals surface area contributed by atoms with Crippen LogP contribution in [0.3, 0.4) is 0 Å². The standard InChI is InChI=1S/C26H37N7O4/c1-26(2,27)23(34)31-13-15-32(16-14-31)24(35)28-22-10-12-33(25(36)29-22)20-8-6-19(7-9-20)17-30-11-4-5-21(18-30)37-3/h6-10,12,21H,4-5,11,13-18,27H2,1-3H3,(H,28,29,35,36)/t21-/m1/s1. The summed E-state index contributed by atoms with van der Waals surface area (Å²) in [5.41, 5.74) is 6.35. The van der Waals surface area contributed by atoms with Crippen molar-refractivity contribution < 1.29 is 14.3 Å². The number of piperidine rings is 1. The van der Waals surface area contributed by atoms with Gasteiger partial charge >= 0.3 is 11.7 Å². The number of hydrogen-bond donors (Lipinski definition) is 2. The quantitative estimate of drug-likeness (QED) is 0.598. The molecule has 1 aromatic heterocycles. The molecular weight excluding hydrogens is 474 g/mol. The van der Waals surface area contributed by atoms with Crippen LogP contribution in [-0.4, -0.2) is 94.2 Å². The number of carbonyl (C=O) groups is 2. The van der Waals surface area contributed by atoms with Gasteiger partial charge in [-0.2, -0.15) is 4.98 Å². The van der Waals surface area contributed by atoms with Gasteiger partial charge in [-0.25, -0.2) is 9.59 Å². The Labute approximate surface area is 217 Å². The maximum atomic E-state index is 12.7. The second kappa shape index (κ2) is 11.4. The Morgan fingerprint density at radius 2 is 1.76 bits per heavy atom. The summed E-state index contributed by atoms with van der Waals surface area (Å²) in [6.45, 7) is 7.72. The molecule has 3 amide bonds. The zero-order valence-corrected chi connectivity index (χ0v) is 21.9. The first-order valence-corrected chi connectivity index (χ1v) is 12.7. The molecule has 1 atom stereocenters. The molecule has 37 heavy (non-hydrogen) atoms. The van der Waals surface area contributed by atoms with Gasteiger partial charge in [-0.3, -0.25) is 19.6 Å². The number of urea groups is 1. The first kappa shape index (κ1) is 26.8. The van der Waals surface area contributed by atoms with Crippen molar-refractivity contribution in [3.8, 4) is 5.69 Å². The van der Waals surface area contributed by atoms with Crippen LogP contribution in [-0.2, 0) is 16.1 Å². The molecule has 0 bridgehead atoms. The summed E-state index contributed by atoms with van der Waals surface area (Å²) in [5.74, 6) is 0.0411. The molecule has 0 radical (unpaired) electrons. The third kappa shape index (κ3) is 6.73. The fourth-order valence-corrected chi connectivity index (χ4v) is 4.75. The lowest BCUT2D eigenvalue weighted by molar-refractivity contribution is -0.137. The number of piperazine rings is 1. The van der Waals surface area contributed by atoms with E-state index in [4.69, 9.17) is 10.5 Å². The van der Waals surface area contributed by atoms with Crippen LogP contribution >= 0.6 is 0 Å². The lowest BCUT2D eigenvalue weighted by Crippen LogP contribution is -2.58. The highest BCUT2D eigenvalue weighted by Crippen LogP contribution is 2.17. The van der Waals surface area contributed by atoms with E-state index in [1.807, 2.05) is 24.3 Å². The monoisotopic (exact) mass is 511 g/mol. The summed E-state index contributed by atoms with van der Waals surface area (Å²) >= 11 is 0. The van der Waals surface area contributed by atoms with Gasteiger partial charge in [0, 0.05) is 52.6 Å². The topological polar surface area (TPSA) is 126 Å². The van der Waals surface area contributed by atoms with Gasteiger partial charge in [0.1, 0.15) is 5.82 Å². The molecule has 0 unspecified atom stereocenters. The number of nitrogens with zero attached hydrogens (tertiary/aromatic N) is 5. The summed E-state index contributed by atoms with van der Waals surface area (Å²) < 4.78 is 6.95. The first-order valence-electron chi connectivity index (χ1n) is 12.7. The van der Waals surface area contributed by atoms with E-state index in [1.54, 1.807) is 43.0 Å². The van der Waals surface area contributed by atoms with Gasteiger partial charge in [0.2, 0.25) is 5.91 Å². The van der Waals surface area contributed by atoms with E-state index < -0.39 is 11.2 Å². The van der Waals surface area contributed by atoms with E-state index in [9.17, 15) is 14.4 Å². The van der Waals surface area contributed by atoms with E-state index in [0.717, 1.165) is 32.5 Å². The number of amides is 3. The van der Waals surface area contributed by atoms with E-state index in [2.05, 4.69) is 15.2 Å². The van der Waals surface area contributed by atoms with Gasteiger partial charge < -0.3 is 20.3 Å². The van der Waals surface area contributed by atoms with Crippen LogP contribution in [0.1, 0.15) is 32.3 Å². The normalized spacial score (nSPS) is 19.1. The van der Waals surface area contributed by atoms with Crippen molar-refractivity contribution >= 4 is 17.8 Å². The van der Waals surface area contributed by atoms with E-state index in [1.165, 1.54) is 10.1 Å². The number of rotatable bonds is 6. The summed E-state index contributed by atoms with van der Waals surface area (Å²) in [5, 5.41) is 2.69. The Morgan fingerprint density at radius 1 is 1.08 bits per heavy atom. The Bertz CT molecular complexity index is 1150. The molecule has 2 fully saturated rings. The van der Waals surface area contributed by atoms with Gasteiger partial charge in [0.05, 0.1) is 17.3 Å². The molecule has 0 aliphatic carbocycles. The van der Waals surface area contributed by atoms with Crippen molar-refractivity contribution in [3.05, 3.63) is 52.6 Å². The Morgan fingerprint density at radius 3 is 2.38 bits per heavy atom. The molecule has 2 aliphatic heterocycles. The van der Waals surface area contributed by atoms with Crippen LogP contribution in [0.2, 0.25) is 0 Å². The van der Waals surface area contributed by atoms with Crippen LogP contribution in [0.15, 0.2) is 41.3 Å². The lowest BCUT2D eigenvalue weighted by Gasteiger charge is -2.37. The minimum absolute atomic E-state index is 0.142. The van der Waals surface area contributed by atoms with E-state index >= 15 is 0 Å². The minimum atomic E-state index is -0.945. The second-order valence-electron chi connectivity index (χ2n) is 10.3. The maximum Gasteiger partial charge on any atom is 0.354 e. The van der Waals surface area contributed by atoms with E-state index in [0.29, 0.717) is 31.9 Å². The molecule has 1 aromatic carbocycles. The zero-order chi connectivity index (χ0) is 26.6. The fraction of sp³-hybridized carbons (Fsp3) is 0.538. The Balaban J connectivity index is 1.32. The molecule has 3 N–H and O–H groups in total. The third-order valence-corrected chi connectivity index (χ3v) is 6.86. The molecule has 200 valence electrons. The van der Waals surface area contributed by atoms with Crippen LogP contribution in [0.4, 0.5) is 10.6 Å². The van der Waals surface area contributed by atoms with Crippen LogP contribution < -0.4 is 16.7 Å². The number of likely N-dealkylation sites (tertiary alicyclic amines) is 1. The molecular formula is C26H37N7O4. The van der Waals surface area contributed by atoms with Gasteiger partial charge in [-0.15, -0.1) is 0 Å². The van der Waals surface area contributed by atoms with Crippen molar-refractivity contribution in [2.45, 2.75) is 44.9 Å². The molecule has 2 aliphatic rings. The summed E-state index contributed by atoms with van der Waals surface area (Å²) in [4.78, 5) is 47.4. The van der Waals surface area contributed by atoms with Crippen molar-refractivity contribution in [1.82, 2.24) is 24.3 Å². The second-order valence-corrected chi connectivity index (χ2v) is 10.3. The van der Waals surface area contributed by atoms with Crippen LogP contribution in [0.5, 0.6) is 0 Å². The van der Waals surface area contributed by atoms with Gasteiger partial charge in [0.25, 0.3) is 0 Å². The van der Waals surface area contributed by atoms with Crippen molar-refractivity contribution in [1.29, 1.82) is 0 Å². The summed E-state index contributed by atoms with van der Waals surface area (Å²) in [6.07, 6.45) is 4.12. The van der Waals surface area contributed by atoms with Crippen molar-refractivity contribution in [2.24, 2.45) is 5.73 Å². The molecule has 0 saturated carbocycles. The van der Waals surface area contributed by atoms with Gasteiger partial charge in [-0.05, 0) is 57.0 Å². The zero-order valence-electron chi connectivity index (χ0n) is 21.9. The van der Waals surface area contributed by atoms with Crippen LogP contribution in [0, 0.1) is 0 Å². The highest BCUT2D eigenvalue weighted by molar-refractivity contribution is 5.89. The fourth-order valence-electron chi connectivity index (χ4n) is 4.75. The molecule has 2 aromatic rings. The average molecular weight is 512 g/mol. The number of anilines is 1. The highest BCUT2D eigenvalue weighted by Gasteiger charge is 2.31. The summed E-state index contributed by atoms with van der Waals surface area (Å²) in [7, 11) is 1.76. The van der Waals surface area contributed by atoms with Gasteiger partial charge in [-0.1, -0.05) is 12.1 Å².